The summed E-state index contributed by atoms with van der Waals surface area (Å²) in [5.41, 5.74) is 2.43. The van der Waals surface area contributed by atoms with Crippen LogP contribution in [0.3, 0.4) is 0 Å². The molecule has 0 radical (unpaired) electrons. The van der Waals surface area contributed by atoms with Crippen molar-refractivity contribution in [1.29, 1.82) is 0 Å². The van der Waals surface area contributed by atoms with Gasteiger partial charge >= 0.3 is 0 Å². The monoisotopic (exact) mass is 358 g/mol. The number of hydrogen-bond donors (Lipinski definition) is 2. The Morgan fingerprint density at radius 2 is 2.15 bits per heavy atom. The van der Waals surface area contributed by atoms with Gasteiger partial charge in [0.25, 0.3) is 5.91 Å². The van der Waals surface area contributed by atoms with Crippen molar-refractivity contribution in [3.63, 3.8) is 0 Å². The number of aromatic nitrogens is 2. The van der Waals surface area contributed by atoms with E-state index in [0.717, 1.165) is 56.0 Å². The van der Waals surface area contributed by atoms with E-state index in [2.05, 4.69) is 10.2 Å². The van der Waals surface area contributed by atoms with Crippen molar-refractivity contribution in [3.8, 4) is 0 Å². The normalized spacial score (nSPS) is 21.5. The van der Waals surface area contributed by atoms with Crippen molar-refractivity contribution in [2.24, 2.45) is 13.0 Å². The first-order valence-corrected chi connectivity index (χ1v) is 9.37. The molecule has 1 aromatic heterocycles. The highest BCUT2D eigenvalue weighted by Crippen LogP contribution is 2.25. The van der Waals surface area contributed by atoms with Gasteiger partial charge in [0.2, 0.25) is 5.95 Å². The molecule has 1 amide bonds. The third-order valence-corrected chi connectivity index (χ3v) is 5.46. The average molecular weight is 358 g/mol. The van der Waals surface area contributed by atoms with Crippen molar-refractivity contribution in [3.05, 3.63) is 23.8 Å². The quantitative estimate of drug-likeness (QED) is 0.861. The van der Waals surface area contributed by atoms with E-state index in [4.69, 9.17) is 9.72 Å². The first kappa shape index (κ1) is 17.3. The number of aliphatic hydroxyl groups is 1. The summed E-state index contributed by atoms with van der Waals surface area (Å²) in [6.07, 6.45) is 2.49. The molecule has 2 N–H and O–H groups in total. The van der Waals surface area contributed by atoms with Gasteiger partial charge in [0.05, 0.1) is 17.1 Å². The summed E-state index contributed by atoms with van der Waals surface area (Å²) in [5, 5.41) is 12.8. The molecular weight excluding hydrogens is 332 g/mol. The number of anilines is 1. The molecule has 2 saturated heterocycles. The Morgan fingerprint density at radius 1 is 1.35 bits per heavy atom. The average Bonchev–Trinajstić information content (AvgIpc) is 3.23. The molecule has 2 aliphatic rings. The maximum atomic E-state index is 12.5. The summed E-state index contributed by atoms with van der Waals surface area (Å²) in [6.45, 7) is 3.68. The second-order valence-electron chi connectivity index (χ2n) is 7.33. The maximum absolute atomic E-state index is 12.5. The highest BCUT2D eigenvalue weighted by Gasteiger charge is 2.24. The summed E-state index contributed by atoms with van der Waals surface area (Å²) < 4.78 is 7.38. The van der Waals surface area contributed by atoms with Crippen LogP contribution >= 0.6 is 0 Å². The topological polar surface area (TPSA) is 79.6 Å². The number of benzene rings is 1. The molecule has 7 nitrogen and oxygen atoms in total. The molecule has 0 spiro atoms. The van der Waals surface area contributed by atoms with Gasteiger partial charge in [-0.3, -0.25) is 4.79 Å². The molecule has 0 unspecified atom stereocenters. The largest absolute Gasteiger partial charge is 0.391 e. The van der Waals surface area contributed by atoms with Gasteiger partial charge in [-0.05, 0) is 43.4 Å². The first-order chi connectivity index (χ1) is 12.6. The SMILES string of the molecule is Cn1c(N2CC[C@H](O)C2)nc2cc(C(=O)NCC3CCOCC3)ccc21. The minimum atomic E-state index is -0.290. The number of nitrogens with one attached hydrogen (secondary N) is 1. The van der Waals surface area contributed by atoms with E-state index in [1.165, 1.54) is 0 Å². The molecule has 140 valence electrons. The second-order valence-corrected chi connectivity index (χ2v) is 7.33. The maximum Gasteiger partial charge on any atom is 0.251 e. The molecule has 3 heterocycles. The highest BCUT2D eigenvalue weighted by atomic mass is 16.5. The lowest BCUT2D eigenvalue weighted by Gasteiger charge is -2.22. The van der Waals surface area contributed by atoms with Gasteiger partial charge in [0.15, 0.2) is 0 Å². The van der Waals surface area contributed by atoms with Crippen molar-refractivity contribution in [2.45, 2.75) is 25.4 Å². The Balaban J connectivity index is 1.49. The van der Waals surface area contributed by atoms with E-state index in [1.807, 2.05) is 29.8 Å². The van der Waals surface area contributed by atoms with Gasteiger partial charge in [-0.15, -0.1) is 0 Å². The molecule has 7 heteroatoms. The van der Waals surface area contributed by atoms with Crippen LogP contribution in [0.1, 0.15) is 29.6 Å². The van der Waals surface area contributed by atoms with Crippen LogP contribution in [0.25, 0.3) is 11.0 Å². The summed E-state index contributed by atoms with van der Waals surface area (Å²) in [4.78, 5) is 19.3. The van der Waals surface area contributed by atoms with Gasteiger partial charge in [0, 0.05) is 45.5 Å². The molecule has 0 saturated carbocycles. The van der Waals surface area contributed by atoms with Crippen LogP contribution in [0, 0.1) is 5.92 Å². The lowest BCUT2D eigenvalue weighted by atomic mass is 10.0. The molecule has 4 rings (SSSR count). The summed E-state index contributed by atoms with van der Waals surface area (Å²) in [7, 11) is 1.97. The molecule has 0 bridgehead atoms. The lowest BCUT2D eigenvalue weighted by Crippen LogP contribution is -2.32. The minimum Gasteiger partial charge on any atom is -0.391 e. The van der Waals surface area contributed by atoms with Crippen molar-refractivity contribution >= 4 is 22.9 Å². The van der Waals surface area contributed by atoms with Crippen molar-refractivity contribution in [1.82, 2.24) is 14.9 Å². The predicted molar refractivity (Wildman–Crippen MR) is 99.4 cm³/mol. The van der Waals surface area contributed by atoms with Crippen LogP contribution in [-0.2, 0) is 11.8 Å². The van der Waals surface area contributed by atoms with Gasteiger partial charge in [0.1, 0.15) is 0 Å². The fourth-order valence-corrected chi connectivity index (χ4v) is 3.82. The number of rotatable bonds is 4. The van der Waals surface area contributed by atoms with Gasteiger partial charge in [-0.25, -0.2) is 4.98 Å². The molecular formula is C19H26N4O3. The Kier molecular flexibility index (Phi) is 4.82. The fraction of sp³-hybridized carbons (Fsp3) is 0.579. The van der Waals surface area contributed by atoms with E-state index in [0.29, 0.717) is 24.6 Å². The zero-order chi connectivity index (χ0) is 18.1. The number of hydrogen-bond acceptors (Lipinski definition) is 5. The predicted octanol–water partition coefficient (Wildman–Crippen LogP) is 1.30. The smallest absolute Gasteiger partial charge is 0.251 e. The third kappa shape index (κ3) is 3.41. The van der Waals surface area contributed by atoms with E-state index < -0.39 is 0 Å². The number of carbonyl (C=O) groups is 1. The van der Waals surface area contributed by atoms with Crippen LogP contribution in [0.15, 0.2) is 18.2 Å². The van der Waals surface area contributed by atoms with Crippen LogP contribution in [0.4, 0.5) is 5.95 Å². The Bertz CT molecular complexity index is 797. The molecule has 1 aromatic carbocycles. The highest BCUT2D eigenvalue weighted by molar-refractivity contribution is 5.97. The van der Waals surface area contributed by atoms with E-state index in [-0.39, 0.29) is 12.0 Å². The Hall–Kier alpha value is -2.12. The van der Waals surface area contributed by atoms with Crippen LogP contribution in [0.5, 0.6) is 0 Å². The summed E-state index contributed by atoms with van der Waals surface area (Å²) >= 11 is 0. The number of ether oxygens (including phenoxy) is 1. The second kappa shape index (κ2) is 7.25. The van der Waals surface area contributed by atoms with Crippen LogP contribution in [-0.4, -0.2) is 59.5 Å². The number of β-amino-alcohol motifs (C(OH)–C–C–N with tert-alkyl or cyclic N) is 1. The summed E-state index contributed by atoms with van der Waals surface area (Å²) in [6, 6.07) is 5.65. The number of aliphatic hydroxyl groups excluding tert-OH is 1. The number of carbonyl (C=O) groups excluding carboxylic acids is 1. The molecule has 2 aliphatic heterocycles. The molecule has 1 atom stereocenters. The molecule has 2 fully saturated rings. The Labute approximate surface area is 152 Å². The van der Waals surface area contributed by atoms with Gasteiger partial charge in [-0.2, -0.15) is 0 Å². The molecule has 2 aromatic rings. The van der Waals surface area contributed by atoms with E-state index >= 15 is 0 Å². The number of aryl methyl sites for hydroxylation is 1. The van der Waals surface area contributed by atoms with E-state index in [9.17, 15) is 9.90 Å². The van der Waals surface area contributed by atoms with Gasteiger partial charge in [-0.1, -0.05) is 0 Å². The zero-order valence-electron chi connectivity index (χ0n) is 15.1. The standard InChI is InChI=1S/C19H26N4O3/c1-22-17-3-2-14(18(25)20-11-13-5-8-26-9-6-13)10-16(17)21-19(22)23-7-4-15(24)12-23/h2-3,10,13,15,24H,4-9,11-12H2,1H3,(H,20,25)/t15-/m0/s1. The lowest BCUT2D eigenvalue weighted by molar-refractivity contribution is 0.0642. The molecule has 26 heavy (non-hydrogen) atoms. The molecule has 0 aliphatic carbocycles. The zero-order valence-corrected chi connectivity index (χ0v) is 15.1. The third-order valence-electron chi connectivity index (χ3n) is 5.46. The number of fused-ring (bicyclic) bond motifs is 1. The first-order valence-electron chi connectivity index (χ1n) is 9.37. The number of imidazole rings is 1. The van der Waals surface area contributed by atoms with Gasteiger partial charge < -0.3 is 24.6 Å². The minimum absolute atomic E-state index is 0.0535. The van der Waals surface area contributed by atoms with Crippen molar-refractivity contribution in [2.75, 3.05) is 37.7 Å². The van der Waals surface area contributed by atoms with Crippen LogP contribution in [0.2, 0.25) is 0 Å². The van der Waals surface area contributed by atoms with E-state index in [1.54, 1.807) is 0 Å². The van der Waals surface area contributed by atoms with Crippen molar-refractivity contribution < 1.29 is 14.6 Å². The summed E-state index contributed by atoms with van der Waals surface area (Å²) in [5.74, 6) is 1.29. The van der Waals surface area contributed by atoms with Crippen LogP contribution < -0.4 is 10.2 Å². The number of amides is 1. The fourth-order valence-electron chi connectivity index (χ4n) is 3.82. The Morgan fingerprint density at radius 3 is 2.88 bits per heavy atom. The number of nitrogens with zero attached hydrogens (tertiary/aromatic N) is 3.